The van der Waals surface area contributed by atoms with Crippen molar-refractivity contribution in [3.8, 4) is 0 Å². The molecule has 0 fully saturated rings. The van der Waals surface area contributed by atoms with Gasteiger partial charge in [-0.25, -0.2) is 15.8 Å². The Bertz CT molecular complexity index is 272. The van der Waals surface area contributed by atoms with Crippen molar-refractivity contribution in [3.05, 3.63) is 18.1 Å². The minimum Gasteiger partial charge on any atom is -0.308 e. The molecule has 0 aliphatic heterocycles. The molecule has 66 valence electrons. The van der Waals surface area contributed by atoms with Crippen molar-refractivity contribution in [2.24, 2.45) is 5.84 Å². The summed E-state index contributed by atoms with van der Waals surface area (Å²) in [6.07, 6.45) is 1.44. The summed E-state index contributed by atoms with van der Waals surface area (Å²) in [5.41, 5.74) is 2.31. The number of rotatable bonds is 1. The second-order valence-corrected chi connectivity index (χ2v) is 4.19. The number of hydrazine groups is 1. The van der Waals surface area contributed by atoms with E-state index >= 15 is 0 Å². The zero-order valence-corrected chi connectivity index (χ0v) is 8.03. The monoisotopic (exact) mass is 226 g/mol. The van der Waals surface area contributed by atoms with Gasteiger partial charge in [-0.1, -0.05) is 34.8 Å². The molecule has 0 radical (unpaired) electrons. The molecule has 0 aliphatic carbocycles. The second-order valence-electron chi connectivity index (χ2n) is 1.91. The van der Waals surface area contributed by atoms with E-state index in [9.17, 15) is 0 Å². The first-order chi connectivity index (χ1) is 5.54. The molecule has 0 aromatic carbocycles. The van der Waals surface area contributed by atoms with Gasteiger partial charge in [0.25, 0.3) is 0 Å². The van der Waals surface area contributed by atoms with E-state index in [0.29, 0.717) is 5.82 Å². The number of nitrogen functional groups attached to an aromatic ring is 1. The number of halogens is 3. The van der Waals surface area contributed by atoms with Gasteiger partial charge >= 0.3 is 0 Å². The molecule has 3 N–H and O–H groups in total. The molecule has 1 aromatic rings. The maximum absolute atomic E-state index is 5.52. The van der Waals surface area contributed by atoms with Crippen molar-refractivity contribution in [2.75, 3.05) is 5.43 Å². The summed E-state index contributed by atoms with van der Waals surface area (Å²) in [5.74, 6) is 5.57. The molecule has 1 heterocycles. The third-order valence-electron chi connectivity index (χ3n) is 1.06. The topological polar surface area (TPSA) is 63.8 Å². The average Bonchev–Trinajstić information content (AvgIpc) is 2.03. The van der Waals surface area contributed by atoms with Crippen molar-refractivity contribution in [1.82, 2.24) is 9.97 Å². The van der Waals surface area contributed by atoms with E-state index in [0.717, 1.165) is 0 Å². The van der Waals surface area contributed by atoms with Crippen LogP contribution in [0, 0.1) is 0 Å². The molecule has 0 amide bonds. The van der Waals surface area contributed by atoms with E-state index in [1.54, 1.807) is 6.07 Å². The van der Waals surface area contributed by atoms with Crippen molar-refractivity contribution in [1.29, 1.82) is 0 Å². The van der Waals surface area contributed by atoms with Crippen molar-refractivity contribution in [2.45, 2.75) is 3.79 Å². The lowest BCUT2D eigenvalue weighted by atomic mass is 10.5. The van der Waals surface area contributed by atoms with Gasteiger partial charge in [-0.15, -0.1) is 0 Å². The fraction of sp³-hybridized carbons (Fsp3) is 0.200. The van der Waals surface area contributed by atoms with E-state index in [2.05, 4.69) is 15.4 Å². The Morgan fingerprint density at radius 1 is 1.42 bits per heavy atom. The number of aromatic nitrogens is 2. The molecular formula is C5H5Cl3N4. The molecule has 0 bridgehead atoms. The van der Waals surface area contributed by atoms with Crippen LogP contribution in [0.5, 0.6) is 0 Å². The summed E-state index contributed by atoms with van der Waals surface area (Å²) in [4.78, 5) is 7.58. The van der Waals surface area contributed by atoms with Crippen LogP contribution in [0.25, 0.3) is 0 Å². The molecule has 1 rings (SSSR count). The number of hydrogen-bond acceptors (Lipinski definition) is 4. The smallest absolute Gasteiger partial charge is 0.250 e. The van der Waals surface area contributed by atoms with Gasteiger partial charge in [0.1, 0.15) is 5.82 Å². The van der Waals surface area contributed by atoms with E-state index in [-0.39, 0.29) is 5.82 Å². The Morgan fingerprint density at radius 2 is 2.08 bits per heavy atom. The highest BCUT2D eigenvalue weighted by molar-refractivity contribution is 6.66. The molecule has 0 saturated heterocycles. The largest absolute Gasteiger partial charge is 0.308 e. The Labute approximate surface area is 84.0 Å². The van der Waals surface area contributed by atoms with Crippen LogP contribution in [0.1, 0.15) is 5.82 Å². The Hall–Kier alpha value is -0.290. The summed E-state index contributed by atoms with van der Waals surface area (Å²) < 4.78 is -1.62. The highest BCUT2D eigenvalue weighted by atomic mass is 35.6. The lowest BCUT2D eigenvalue weighted by molar-refractivity contribution is 0.966. The van der Waals surface area contributed by atoms with Gasteiger partial charge in [-0.2, -0.15) is 0 Å². The molecule has 4 nitrogen and oxygen atoms in total. The number of anilines is 1. The normalized spacial score (nSPS) is 11.3. The number of nitrogens with one attached hydrogen (secondary N) is 1. The van der Waals surface area contributed by atoms with E-state index < -0.39 is 3.79 Å². The molecule has 0 saturated carbocycles. The Balaban J connectivity index is 3.02. The maximum Gasteiger partial charge on any atom is 0.250 e. The van der Waals surface area contributed by atoms with E-state index in [1.807, 2.05) is 0 Å². The lowest BCUT2D eigenvalue weighted by Crippen LogP contribution is -2.13. The number of nitrogens with zero attached hydrogens (tertiary/aromatic N) is 2. The summed E-state index contributed by atoms with van der Waals surface area (Å²) in [6.45, 7) is 0. The zero-order valence-electron chi connectivity index (χ0n) is 5.76. The van der Waals surface area contributed by atoms with Gasteiger partial charge < -0.3 is 5.43 Å². The standard InChI is InChI=1S/C5H5Cl3N4/c6-5(7,8)4-10-2-1-3(11-4)12-9/h1-2H,9H2,(H,10,11,12). The number of nitrogens with two attached hydrogens (primary N) is 1. The van der Waals surface area contributed by atoms with Crippen molar-refractivity contribution >= 4 is 40.6 Å². The molecule has 0 aliphatic rings. The van der Waals surface area contributed by atoms with Crippen LogP contribution < -0.4 is 11.3 Å². The first-order valence-corrected chi connectivity index (χ1v) is 4.04. The number of hydrogen-bond donors (Lipinski definition) is 2. The summed E-state index contributed by atoms with van der Waals surface area (Å²) in [7, 11) is 0. The predicted molar refractivity (Wildman–Crippen MR) is 49.1 cm³/mol. The molecule has 7 heteroatoms. The van der Waals surface area contributed by atoms with Crippen LogP contribution in [0.2, 0.25) is 0 Å². The van der Waals surface area contributed by atoms with Gasteiger partial charge in [0.2, 0.25) is 3.79 Å². The van der Waals surface area contributed by atoms with Crippen LogP contribution in [0.3, 0.4) is 0 Å². The van der Waals surface area contributed by atoms with E-state index in [4.69, 9.17) is 40.6 Å². The molecule has 12 heavy (non-hydrogen) atoms. The first kappa shape index (κ1) is 9.80. The van der Waals surface area contributed by atoms with Crippen molar-refractivity contribution < 1.29 is 0 Å². The number of alkyl halides is 3. The fourth-order valence-corrected chi connectivity index (χ4v) is 0.849. The Morgan fingerprint density at radius 3 is 2.58 bits per heavy atom. The van der Waals surface area contributed by atoms with Gasteiger partial charge in [0.15, 0.2) is 5.82 Å². The van der Waals surface area contributed by atoms with Gasteiger partial charge in [-0.3, -0.25) is 0 Å². The lowest BCUT2D eigenvalue weighted by Gasteiger charge is -2.09. The van der Waals surface area contributed by atoms with Crippen LogP contribution >= 0.6 is 34.8 Å². The van der Waals surface area contributed by atoms with Crippen LogP contribution in [-0.2, 0) is 3.79 Å². The average molecular weight is 227 g/mol. The first-order valence-electron chi connectivity index (χ1n) is 2.91. The van der Waals surface area contributed by atoms with Crippen LogP contribution in [0.4, 0.5) is 5.82 Å². The fourth-order valence-electron chi connectivity index (χ4n) is 0.576. The maximum atomic E-state index is 5.52. The minimum absolute atomic E-state index is 0.0861. The third-order valence-corrected chi connectivity index (χ3v) is 1.56. The van der Waals surface area contributed by atoms with Gasteiger partial charge in [-0.05, 0) is 0 Å². The molecule has 0 spiro atoms. The predicted octanol–water partition coefficient (Wildman–Crippen LogP) is 1.59. The van der Waals surface area contributed by atoms with Gasteiger partial charge in [0, 0.05) is 12.3 Å². The highest BCUT2D eigenvalue weighted by Crippen LogP contribution is 2.35. The van der Waals surface area contributed by atoms with Crippen LogP contribution in [-0.4, -0.2) is 9.97 Å². The molecular weight excluding hydrogens is 222 g/mol. The quantitative estimate of drug-likeness (QED) is 0.434. The molecule has 0 unspecified atom stereocenters. The summed E-state index contributed by atoms with van der Waals surface area (Å²) in [5, 5.41) is 0. The summed E-state index contributed by atoms with van der Waals surface area (Å²) in [6, 6.07) is 1.56. The second kappa shape index (κ2) is 3.62. The SMILES string of the molecule is NNc1ccnc(C(Cl)(Cl)Cl)n1. The molecule has 1 aromatic heterocycles. The van der Waals surface area contributed by atoms with Crippen molar-refractivity contribution in [3.63, 3.8) is 0 Å². The zero-order chi connectivity index (χ0) is 9.19. The van der Waals surface area contributed by atoms with Gasteiger partial charge in [0.05, 0.1) is 0 Å². The highest BCUT2D eigenvalue weighted by Gasteiger charge is 2.26. The summed E-state index contributed by atoms with van der Waals surface area (Å²) >= 11 is 16.6. The molecule has 0 atom stereocenters. The minimum atomic E-state index is -1.62. The van der Waals surface area contributed by atoms with E-state index in [1.165, 1.54) is 6.20 Å². The third kappa shape index (κ3) is 2.35. The Kier molecular flexibility index (Phi) is 2.95. The van der Waals surface area contributed by atoms with Crippen LogP contribution in [0.15, 0.2) is 12.3 Å².